The van der Waals surface area contributed by atoms with E-state index in [-0.39, 0.29) is 36.1 Å². The summed E-state index contributed by atoms with van der Waals surface area (Å²) in [6.45, 7) is 3.11. The maximum absolute atomic E-state index is 12.6. The van der Waals surface area contributed by atoms with E-state index < -0.39 is 47.4 Å². The number of carbonyl (C=O) groups excluding carboxylic acids is 4. The number of benzene rings is 4. The number of likely N-dealkylation sites (N-methyl/N-ethyl adjacent to an activating group) is 2. The molecule has 2 atom stereocenters. The zero-order chi connectivity index (χ0) is 41.8. The van der Waals surface area contributed by atoms with Crippen molar-refractivity contribution in [2.45, 2.75) is 37.7 Å². The first-order chi connectivity index (χ1) is 26.1. The van der Waals surface area contributed by atoms with Crippen molar-refractivity contribution in [1.29, 1.82) is 0 Å². The Hall–Kier alpha value is -5.34. The summed E-state index contributed by atoms with van der Waals surface area (Å²) >= 11 is 0. The Morgan fingerprint density at radius 3 is 1.07 bits per heavy atom. The predicted molar refractivity (Wildman–Crippen MR) is 181 cm³/mol. The van der Waals surface area contributed by atoms with Gasteiger partial charge in [0.1, 0.15) is 23.7 Å². The Morgan fingerprint density at radius 2 is 0.807 bits per heavy atom. The summed E-state index contributed by atoms with van der Waals surface area (Å²) in [6.07, 6.45) is -9.00. The number of carboxylic acids is 4. The van der Waals surface area contributed by atoms with E-state index in [9.17, 15) is 26.3 Å². The average molecular weight is 909 g/mol. The number of carbonyl (C=O) groups is 4. The van der Waals surface area contributed by atoms with Gasteiger partial charge in [-0.3, -0.25) is 9.80 Å². The smallest absolute Gasteiger partial charge is 0.543 e. The molecule has 0 fully saturated rings. The SMILES string of the molecule is CN1Cc2ccccc2C(Oc2ccc(C(F)(F)F)cc2)C1.CN1Cc2ccccc2C(Oc2ccc(C(F)(F)F)cc2)C1.O=C([O-])C(=O)[O-].O=C([O-])C(=O)[O-].[Sn+4]. The van der Waals surface area contributed by atoms with Gasteiger partial charge in [0.25, 0.3) is 0 Å². The van der Waals surface area contributed by atoms with Crippen molar-refractivity contribution in [2.24, 2.45) is 0 Å². The second kappa shape index (κ2) is 21.3. The van der Waals surface area contributed by atoms with Gasteiger partial charge in [0.05, 0.1) is 35.0 Å². The van der Waals surface area contributed by atoms with E-state index >= 15 is 0 Å². The van der Waals surface area contributed by atoms with Crippen molar-refractivity contribution in [3.8, 4) is 11.5 Å². The molecule has 0 aliphatic carbocycles. The number of hydrogen-bond acceptors (Lipinski definition) is 12. The van der Waals surface area contributed by atoms with Crippen LogP contribution in [-0.4, -0.2) is 84.8 Å². The standard InChI is InChI=1S/2C17H16F3NO.2C2H2O4.Sn/c2*1-21-10-12-4-2-3-5-15(12)16(11-21)22-14-8-6-13(7-9-14)17(18,19)20;2*3-1(4)2(5)6;/h2*2-9,16H,10-11H2,1H3;2*(H,3,4)(H,5,6);/q;;;;+4/p-4. The molecule has 300 valence electrons. The molecule has 0 bridgehead atoms. The minimum atomic E-state index is -4.32. The third-order valence-electron chi connectivity index (χ3n) is 7.89. The van der Waals surface area contributed by atoms with E-state index in [4.69, 9.17) is 49.1 Å². The molecule has 0 spiro atoms. The molecule has 6 rings (SSSR count). The van der Waals surface area contributed by atoms with Gasteiger partial charge in [-0.05, 0) is 84.9 Å². The summed E-state index contributed by atoms with van der Waals surface area (Å²) in [4.78, 5) is 40.0. The normalized spacial score (nSPS) is 16.1. The quantitative estimate of drug-likeness (QED) is 0.162. The Balaban J connectivity index is 0.000000303. The van der Waals surface area contributed by atoms with Crippen LogP contribution in [0.4, 0.5) is 26.3 Å². The molecule has 4 aromatic rings. The van der Waals surface area contributed by atoms with Gasteiger partial charge in [-0.15, -0.1) is 0 Å². The molecule has 2 unspecified atom stereocenters. The van der Waals surface area contributed by atoms with Crippen LogP contribution in [0.1, 0.15) is 45.6 Å². The van der Waals surface area contributed by atoms with E-state index in [0.29, 0.717) is 24.6 Å². The Bertz CT molecular complexity index is 1800. The number of rotatable bonds is 4. The molecule has 0 aromatic heterocycles. The fourth-order valence-electron chi connectivity index (χ4n) is 5.43. The van der Waals surface area contributed by atoms with Gasteiger partial charge in [0, 0.05) is 26.2 Å². The number of ether oxygens (including phenoxy) is 2. The van der Waals surface area contributed by atoms with Crippen LogP contribution in [0.5, 0.6) is 11.5 Å². The molecule has 0 radical (unpaired) electrons. The van der Waals surface area contributed by atoms with E-state index in [1.54, 1.807) is 0 Å². The molecule has 12 nitrogen and oxygen atoms in total. The average Bonchev–Trinajstić information content (AvgIpc) is 3.12. The van der Waals surface area contributed by atoms with Gasteiger partial charge in [0.15, 0.2) is 0 Å². The predicted octanol–water partition coefficient (Wildman–Crippen LogP) is 1.13. The zero-order valence-electron chi connectivity index (χ0n) is 30.0. The van der Waals surface area contributed by atoms with Crippen LogP contribution in [0.2, 0.25) is 0 Å². The molecule has 0 saturated heterocycles. The molecule has 0 N–H and O–H groups in total. The summed E-state index contributed by atoms with van der Waals surface area (Å²) < 4.78 is 87.3. The molecular formula is C38H32F6N2O10Sn. The zero-order valence-corrected chi connectivity index (χ0v) is 32.8. The second-order valence-electron chi connectivity index (χ2n) is 12.2. The minimum Gasteiger partial charge on any atom is -0.543 e. The maximum Gasteiger partial charge on any atom is 4.00 e. The van der Waals surface area contributed by atoms with Crippen molar-refractivity contribution >= 4 is 47.8 Å². The minimum absolute atomic E-state index is 0. The maximum atomic E-state index is 12.6. The monoisotopic (exact) mass is 910 g/mol. The van der Waals surface area contributed by atoms with Gasteiger partial charge >= 0.3 is 36.3 Å². The van der Waals surface area contributed by atoms with Crippen molar-refractivity contribution in [2.75, 3.05) is 27.2 Å². The van der Waals surface area contributed by atoms with Crippen LogP contribution < -0.4 is 29.9 Å². The summed E-state index contributed by atoms with van der Waals surface area (Å²) in [5, 5.41) is 35.7. The molecule has 2 aliphatic heterocycles. The second-order valence-corrected chi connectivity index (χ2v) is 12.2. The third kappa shape index (κ3) is 15.3. The van der Waals surface area contributed by atoms with Crippen LogP contribution in [0.25, 0.3) is 0 Å². The van der Waals surface area contributed by atoms with Crippen LogP contribution in [0, 0.1) is 0 Å². The van der Waals surface area contributed by atoms with Crippen LogP contribution >= 0.6 is 0 Å². The van der Waals surface area contributed by atoms with E-state index in [0.717, 1.165) is 48.5 Å². The Kier molecular flexibility index (Phi) is 17.8. The van der Waals surface area contributed by atoms with Crippen molar-refractivity contribution in [3.05, 3.63) is 130 Å². The first kappa shape index (κ1) is 47.8. The molecule has 2 heterocycles. The third-order valence-corrected chi connectivity index (χ3v) is 7.89. The number of nitrogens with zero attached hydrogens (tertiary/aromatic N) is 2. The van der Waals surface area contributed by atoms with E-state index in [1.807, 2.05) is 62.6 Å². The number of halogens is 6. The van der Waals surface area contributed by atoms with Crippen molar-refractivity contribution < 1.29 is 75.4 Å². The van der Waals surface area contributed by atoms with Gasteiger partial charge in [-0.25, -0.2) is 0 Å². The summed E-state index contributed by atoms with van der Waals surface area (Å²) in [5.41, 5.74) is 3.24. The Morgan fingerprint density at radius 1 is 0.526 bits per heavy atom. The summed E-state index contributed by atoms with van der Waals surface area (Å²) in [7, 11) is 4.00. The van der Waals surface area contributed by atoms with E-state index in [2.05, 4.69) is 9.80 Å². The molecule has 0 saturated carbocycles. The van der Waals surface area contributed by atoms with Gasteiger partial charge in [-0.1, -0.05) is 48.5 Å². The van der Waals surface area contributed by atoms with Crippen LogP contribution in [0.3, 0.4) is 0 Å². The molecule has 57 heavy (non-hydrogen) atoms. The first-order valence-corrected chi connectivity index (χ1v) is 16.2. The Labute approximate surface area is 338 Å². The summed E-state index contributed by atoms with van der Waals surface area (Å²) in [6, 6.07) is 25.7. The van der Waals surface area contributed by atoms with Gasteiger partial charge < -0.3 is 49.1 Å². The molecule has 19 heteroatoms. The van der Waals surface area contributed by atoms with Gasteiger partial charge in [-0.2, -0.15) is 26.3 Å². The molecular weight excluding hydrogens is 877 g/mol. The topological polar surface area (TPSA) is 185 Å². The number of fused-ring (bicyclic) bond motifs is 2. The summed E-state index contributed by atoms with van der Waals surface area (Å²) in [5.74, 6) is -7.85. The number of carboxylic acid groups (broad SMARTS) is 4. The van der Waals surface area contributed by atoms with Crippen LogP contribution in [0.15, 0.2) is 97.1 Å². The van der Waals surface area contributed by atoms with Crippen molar-refractivity contribution in [3.63, 3.8) is 0 Å². The fraction of sp³-hybridized carbons (Fsp3) is 0.263. The van der Waals surface area contributed by atoms with E-state index in [1.165, 1.54) is 35.4 Å². The molecule has 2 aliphatic rings. The molecule has 0 amide bonds. The van der Waals surface area contributed by atoms with Crippen molar-refractivity contribution in [1.82, 2.24) is 9.80 Å². The fourth-order valence-corrected chi connectivity index (χ4v) is 5.43. The first-order valence-electron chi connectivity index (χ1n) is 16.2. The number of alkyl halides is 6. The largest absolute Gasteiger partial charge is 4.00 e. The number of hydrogen-bond donors (Lipinski definition) is 0. The number of aliphatic carboxylic acids is 4. The van der Waals surface area contributed by atoms with Crippen LogP contribution in [-0.2, 0) is 44.6 Å². The molecule has 4 aromatic carbocycles. The van der Waals surface area contributed by atoms with Gasteiger partial charge in [0.2, 0.25) is 0 Å².